The van der Waals surface area contributed by atoms with Crippen LogP contribution in [0.25, 0.3) is 0 Å². The molecule has 0 aliphatic carbocycles. The van der Waals surface area contributed by atoms with E-state index in [1.54, 1.807) is 7.05 Å². The second kappa shape index (κ2) is 8.85. The summed E-state index contributed by atoms with van der Waals surface area (Å²) in [6.07, 6.45) is 1.04. The monoisotopic (exact) mass is 372 g/mol. The summed E-state index contributed by atoms with van der Waals surface area (Å²) in [6, 6.07) is 11.0. The van der Waals surface area contributed by atoms with Crippen LogP contribution >= 0.6 is 0 Å². The lowest BCUT2D eigenvalue weighted by Gasteiger charge is -2.21. The molecule has 2 atom stereocenters. The lowest BCUT2D eigenvalue weighted by Crippen LogP contribution is -2.47. The average molecular weight is 372 g/mol. The van der Waals surface area contributed by atoms with Crippen LogP contribution in [0, 0.1) is 0 Å². The summed E-state index contributed by atoms with van der Waals surface area (Å²) in [7, 11) is 1.73. The van der Waals surface area contributed by atoms with Crippen molar-refractivity contribution in [1.82, 2.24) is 25.8 Å². The molecule has 8 nitrogen and oxygen atoms in total. The molecule has 146 valence electrons. The summed E-state index contributed by atoms with van der Waals surface area (Å²) in [4.78, 5) is 31.1. The Bertz CT molecular complexity index is 677. The Hall–Kier alpha value is -2.61. The predicted octanol–water partition coefficient (Wildman–Crippen LogP) is 0.366. The summed E-state index contributed by atoms with van der Waals surface area (Å²) in [6.45, 7) is 5.02. The summed E-state index contributed by atoms with van der Waals surface area (Å²) in [5.41, 5.74) is 1.32. The third kappa shape index (κ3) is 4.97. The van der Waals surface area contributed by atoms with Crippen molar-refractivity contribution in [3.05, 3.63) is 35.9 Å². The molecule has 2 saturated heterocycles. The fourth-order valence-electron chi connectivity index (χ4n) is 3.60. The van der Waals surface area contributed by atoms with Crippen LogP contribution < -0.4 is 16.0 Å². The van der Waals surface area contributed by atoms with Gasteiger partial charge in [0.1, 0.15) is 0 Å². The average Bonchev–Trinajstić information content (AvgIpc) is 3.17. The highest BCUT2D eigenvalue weighted by molar-refractivity contribution is 6.01. The maximum atomic E-state index is 11.6. The van der Waals surface area contributed by atoms with E-state index in [0.717, 1.165) is 19.5 Å². The van der Waals surface area contributed by atoms with E-state index in [1.807, 2.05) is 6.07 Å². The minimum absolute atomic E-state index is 0.0863. The molecule has 2 fully saturated rings. The normalized spacial score (nSPS) is 23.6. The highest BCUT2D eigenvalue weighted by Gasteiger charge is 2.30. The van der Waals surface area contributed by atoms with E-state index in [-0.39, 0.29) is 18.5 Å². The van der Waals surface area contributed by atoms with Crippen LogP contribution in [-0.4, -0.2) is 73.0 Å². The largest absolute Gasteiger partial charge is 0.355 e. The van der Waals surface area contributed by atoms with Crippen molar-refractivity contribution >= 4 is 17.9 Å². The Morgan fingerprint density at radius 1 is 1.30 bits per heavy atom. The van der Waals surface area contributed by atoms with Gasteiger partial charge in [0.05, 0.1) is 6.54 Å². The molecule has 3 amide bonds. The Kier molecular flexibility index (Phi) is 6.28. The molecule has 0 bridgehead atoms. The fraction of sp³-hybridized carbons (Fsp3) is 0.526. The predicted molar refractivity (Wildman–Crippen MR) is 104 cm³/mol. The second-order valence-electron chi connectivity index (χ2n) is 7.04. The van der Waals surface area contributed by atoms with E-state index in [9.17, 15) is 9.59 Å². The first-order valence-corrected chi connectivity index (χ1v) is 9.40. The van der Waals surface area contributed by atoms with E-state index in [1.165, 1.54) is 10.5 Å². The summed E-state index contributed by atoms with van der Waals surface area (Å²) < 4.78 is 0. The third-order valence-electron chi connectivity index (χ3n) is 5.06. The van der Waals surface area contributed by atoms with Crippen LogP contribution in [0.3, 0.4) is 0 Å². The molecule has 0 aromatic heterocycles. The molecular formula is C19H28N6O2. The fourth-order valence-corrected chi connectivity index (χ4v) is 3.60. The second-order valence-corrected chi connectivity index (χ2v) is 7.04. The van der Waals surface area contributed by atoms with Crippen molar-refractivity contribution in [2.24, 2.45) is 4.99 Å². The number of guanidine groups is 1. The topological polar surface area (TPSA) is 89.1 Å². The van der Waals surface area contributed by atoms with Crippen LogP contribution in [0.4, 0.5) is 4.79 Å². The number of nitrogens with zero attached hydrogens (tertiary/aromatic N) is 3. The maximum absolute atomic E-state index is 11.6. The van der Waals surface area contributed by atoms with Crippen LogP contribution in [0.1, 0.15) is 18.9 Å². The highest BCUT2D eigenvalue weighted by atomic mass is 16.2. The van der Waals surface area contributed by atoms with Crippen molar-refractivity contribution in [1.29, 1.82) is 0 Å². The maximum Gasteiger partial charge on any atom is 0.324 e. The van der Waals surface area contributed by atoms with Crippen LogP contribution in [0.5, 0.6) is 0 Å². The van der Waals surface area contributed by atoms with Gasteiger partial charge >= 0.3 is 6.03 Å². The van der Waals surface area contributed by atoms with Crippen LogP contribution in [0.15, 0.2) is 35.3 Å². The number of imide groups is 1. The number of hydrogen-bond donors (Lipinski definition) is 3. The quantitative estimate of drug-likeness (QED) is 0.381. The minimum atomic E-state index is -0.328. The molecule has 2 heterocycles. The number of hydrogen-bond acceptors (Lipinski definition) is 4. The first kappa shape index (κ1) is 19.2. The molecule has 3 N–H and O–H groups in total. The van der Waals surface area contributed by atoms with Gasteiger partial charge in [0, 0.05) is 45.3 Å². The molecule has 2 aliphatic rings. The molecule has 0 saturated carbocycles. The van der Waals surface area contributed by atoms with Crippen molar-refractivity contribution in [3.63, 3.8) is 0 Å². The molecule has 1 aromatic rings. The minimum Gasteiger partial charge on any atom is -0.355 e. The van der Waals surface area contributed by atoms with Gasteiger partial charge in [-0.2, -0.15) is 0 Å². The van der Waals surface area contributed by atoms with E-state index in [4.69, 9.17) is 0 Å². The summed E-state index contributed by atoms with van der Waals surface area (Å²) >= 11 is 0. The number of amides is 3. The van der Waals surface area contributed by atoms with Gasteiger partial charge in [-0.05, 0) is 18.9 Å². The van der Waals surface area contributed by atoms with Gasteiger partial charge in [-0.25, -0.2) is 4.79 Å². The van der Waals surface area contributed by atoms with Crippen molar-refractivity contribution in [2.75, 3.05) is 33.2 Å². The molecule has 1 aromatic carbocycles. The Balaban J connectivity index is 1.44. The number of aliphatic imine (C=N–C) groups is 1. The molecule has 0 radical (unpaired) electrons. The molecule has 27 heavy (non-hydrogen) atoms. The number of urea groups is 1. The van der Waals surface area contributed by atoms with E-state index >= 15 is 0 Å². The standard InChI is InChI=1S/C19H28N6O2/c1-14-10-16(13-24(14)12-15-6-4-3-5-7-15)23-18(20-2)21-8-9-25-17(26)11-22-19(25)27/h3-7,14,16H,8-13H2,1-2H3,(H,22,27)(H2,20,21,23). The first-order chi connectivity index (χ1) is 13.1. The van der Waals surface area contributed by atoms with Gasteiger partial charge in [-0.1, -0.05) is 30.3 Å². The zero-order valence-corrected chi connectivity index (χ0v) is 15.9. The molecule has 3 rings (SSSR count). The summed E-state index contributed by atoms with van der Waals surface area (Å²) in [5, 5.41) is 9.16. The lowest BCUT2D eigenvalue weighted by atomic mass is 10.2. The van der Waals surface area contributed by atoms with E-state index < -0.39 is 0 Å². The van der Waals surface area contributed by atoms with E-state index in [2.05, 4.69) is 57.0 Å². The Morgan fingerprint density at radius 3 is 2.74 bits per heavy atom. The van der Waals surface area contributed by atoms with Crippen molar-refractivity contribution in [2.45, 2.75) is 32.0 Å². The van der Waals surface area contributed by atoms with Gasteiger partial charge < -0.3 is 16.0 Å². The first-order valence-electron chi connectivity index (χ1n) is 9.40. The van der Waals surface area contributed by atoms with Gasteiger partial charge in [0.15, 0.2) is 5.96 Å². The Morgan fingerprint density at radius 2 is 2.07 bits per heavy atom. The van der Waals surface area contributed by atoms with Crippen LogP contribution in [-0.2, 0) is 11.3 Å². The Labute approximate surface area is 160 Å². The number of nitrogens with one attached hydrogen (secondary N) is 3. The number of carbonyl (C=O) groups is 2. The molecule has 2 unspecified atom stereocenters. The number of rotatable bonds is 6. The van der Waals surface area contributed by atoms with Crippen molar-refractivity contribution < 1.29 is 9.59 Å². The molecular weight excluding hydrogens is 344 g/mol. The summed E-state index contributed by atoms with van der Waals surface area (Å²) in [5.74, 6) is 0.506. The zero-order chi connectivity index (χ0) is 19.2. The number of benzene rings is 1. The van der Waals surface area contributed by atoms with Gasteiger partial charge in [-0.15, -0.1) is 0 Å². The van der Waals surface area contributed by atoms with Gasteiger partial charge in [0.25, 0.3) is 0 Å². The number of carbonyl (C=O) groups excluding carboxylic acids is 2. The SMILES string of the molecule is CN=C(NCCN1C(=O)CNC1=O)NC1CC(C)N(Cc2ccccc2)C1. The number of likely N-dealkylation sites (tertiary alicyclic amines) is 1. The van der Waals surface area contributed by atoms with Crippen LogP contribution in [0.2, 0.25) is 0 Å². The third-order valence-corrected chi connectivity index (χ3v) is 5.06. The zero-order valence-electron chi connectivity index (χ0n) is 15.9. The van der Waals surface area contributed by atoms with Gasteiger partial charge in [0.2, 0.25) is 5.91 Å². The molecule has 2 aliphatic heterocycles. The van der Waals surface area contributed by atoms with Gasteiger partial charge in [-0.3, -0.25) is 19.6 Å². The lowest BCUT2D eigenvalue weighted by molar-refractivity contribution is -0.124. The van der Waals surface area contributed by atoms with Crippen molar-refractivity contribution in [3.8, 4) is 0 Å². The van der Waals surface area contributed by atoms with E-state index in [0.29, 0.717) is 31.1 Å². The molecule has 0 spiro atoms. The molecule has 8 heteroatoms. The highest BCUT2D eigenvalue weighted by Crippen LogP contribution is 2.20. The smallest absolute Gasteiger partial charge is 0.324 e.